The normalized spacial score (nSPS) is 24.2. The van der Waals surface area contributed by atoms with Crippen molar-refractivity contribution in [2.45, 2.75) is 50.6 Å². The summed E-state index contributed by atoms with van der Waals surface area (Å²) in [4.78, 5) is 27.0. The highest BCUT2D eigenvalue weighted by Crippen LogP contribution is 2.33. The third-order valence-corrected chi connectivity index (χ3v) is 5.51. The van der Waals surface area contributed by atoms with Crippen LogP contribution in [0.5, 0.6) is 0 Å². The van der Waals surface area contributed by atoms with Crippen LogP contribution in [0.25, 0.3) is 0 Å². The van der Waals surface area contributed by atoms with E-state index in [1.54, 1.807) is 31.3 Å². The summed E-state index contributed by atoms with van der Waals surface area (Å²) in [6.45, 7) is 2.56. The van der Waals surface area contributed by atoms with Crippen LogP contribution in [0.2, 0.25) is 0 Å². The molecular formula is C23H28N2O4. The maximum Gasteiger partial charge on any atom is 0.338 e. The fourth-order valence-electron chi connectivity index (χ4n) is 4.02. The lowest BCUT2D eigenvalue weighted by Gasteiger charge is -2.30. The largest absolute Gasteiger partial charge is 0.454 e. The van der Waals surface area contributed by atoms with Crippen molar-refractivity contribution in [2.24, 2.45) is 0 Å². The van der Waals surface area contributed by atoms with Crippen molar-refractivity contribution in [3.63, 3.8) is 0 Å². The number of aliphatic hydroxyl groups excluding tert-OH is 1. The first kappa shape index (κ1) is 21.0. The van der Waals surface area contributed by atoms with Gasteiger partial charge in [-0.05, 0) is 24.1 Å². The first-order valence-electron chi connectivity index (χ1n) is 9.99. The van der Waals surface area contributed by atoms with Gasteiger partial charge in [0.25, 0.3) is 0 Å². The Morgan fingerprint density at radius 3 is 2.24 bits per heavy atom. The Bertz CT molecular complexity index is 812. The molecule has 1 amide bonds. The Kier molecular flexibility index (Phi) is 7.01. The molecule has 1 unspecified atom stereocenters. The van der Waals surface area contributed by atoms with Gasteiger partial charge >= 0.3 is 5.97 Å². The first-order chi connectivity index (χ1) is 14.0. The molecule has 1 saturated heterocycles. The highest BCUT2D eigenvalue weighted by atomic mass is 16.6. The molecular weight excluding hydrogens is 368 g/mol. The number of hydrogen-bond donors (Lipinski definition) is 2. The topological polar surface area (TPSA) is 78.9 Å². The lowest BCUT2D eigenvalue weighted by Crippen LogP contribution is -2.42. The summed E-state index contributed by atoms with van der Waals surface area (Å²) in [6.07, 6.45) is -0.832. The van der Waals surface area contributed by atoms with Gasteiger partial charge in [0, 0.05) is 26.1 Å². The van der Waals surface area contributed by atoms with E-state index in [0.29, 0.717) is 18.5 Å². The van der Waals surface area contributed by atoms with Gasteiger partial charge in [-0.3, -0.25) is 9.69 Å². The number of esters is 1. The molecule has 4 atom stereocenters. The fraction of sp³-hybridized carbons (Fsp3) is 0.391. The maximum atomic E-state index is 12.7. The van der Waals surface area contributed by atoms with Crippen LogP contribution < -0.4 is 5.32 Å². The molecule has 2 N–H and O–H groups in total. The first-order valence-corrected chi connectivity index (χ1v) is 9.99. The van der Waals surface area contributed by atoms with Crippen LogP contribution in [0.3, 0.4) is 0 Å². The van der Waals surface area contributed by atoms with E-state index in [-0.39, 0.29) is 18.4 Å². The monoisotopic (exact) mass is 396 g/mol. The van der Waals surface area contributed by atoms with Crippen molar-refractivity contribution in [1.29, 1.82) is 0 Å². The van der Waals surface area contributed by atoms with Crippen LogP contribution in [0.4, 0.5) is 0 Å². The van der Waals surface area contributed by atoms with E-state index >= 15 is 0 Å². The zero-order chi connectivity index (χ0) is 20.8. The smallest absolute Gasteiger partial charge is 0.338 e. The van der Waals surface area contributed by atoms with Gasteiger partial charge in [0.1, 0.15) is 12.2 Å². The van der Waals surface area contributed by atoms with Crippen LogP contribution in [-0.4, -0.2) is 53.2 Å². The summed E-state index contributed by atoms with van der Waals surface area (Å²) in [7, 11) is 1.58. The standard InChI is InChI=1S/C23H28N2O4/c1-3-18-21(27)22(29-23(28)17-12-8-5-9-13-17)19(14-20(26)24-2)25(18)15-16-10-6-4-7-11-16/h4-13,18-19,21-22,27H,3,14-15H2,1-2H3,(H,24,26)/t18-,19-,21-,22?/m1/s1. The maximum absolute atomic E-state index is 12.7. The van der Waals surface area contributed by atoms with Gasteiger partial charge in [-0.25, -0.2) is 4.79 Å². The van der Waals surface area contributed by atoms with Gasteiger partial charge < -0.3 is 15.2 Å². The second kappa shape index (κ2) is 9.67. The van der Waals surface area contributed by atoms with Crippen molar-refractivity contribution >= 4 is 11.9 Å². The Balaban J connectivity index is 1.87. The molecule has 0 aromatic heterocycles. The number of nitrogens with zero attached hydrogens (tertiary/aromatic N) is 1. The molecule has 0 saturated carbocycles. The molecule has 2 aromatic rings. The summed E-state index contributed by atoms with van der Waals surface area (Å²) in [5.74, 6) is -0.647. The average Bonchev–Trinajstić information content (AvgIpc) is 2.99. The van der Waals surface area contributed by atoms with Gasteiger partial charge in [-0.1, -0.05) is 55.5 Å². The Morgan fingerprint density at radius 1 is 1.03 bits per heavy atom. The summed E-state index contributed by atoms with van der Waals surface area (Å²) >= 11 is 0. The minimum absolute atomic E-state index is 0.142. The molecule has 154 valence electrons. The van der Waals surface area contributed by atoms with Crippen molar-refractivity contribution in [1.82, 2.24) is 10.2 Å². The molecule has 1 fully saturated rings. The van der Waals surface area contributed by atoms with Crippen LogP contribution in [0.15, 0.2) is 60.7 Å². The number of aliphatic hydroxyl groups is 1. The molecule has 3 rings (SSSR count). The minimum Gasteiger partial charge on any atom is -0.454 e. The fourth-order valence-corrected chi connectivity index (χ4v) is 4.02. The van der Waals surface area contributed by atoms with E-state index in [4.69, 9.17) is 4.74 Å². The second-order valence-corrected chi connectivity index (χ2v) is 7.30. The molecule has 1 aliphatic rings. The van der Waals surface area contributed by atoms with E-state index in [1.807, 2.05) is 43.3 Å². The number of carbonyl (C=O) groups excluding carboxylic acids is 2. The lowest BCUT2D eigenvalue weighted by molar-refractivity contribution is -0.122. The van der Waals surface area contributed by atoms with Crippen molar-refractivity contribution in [3.05, 3.63) is 71.8 Å². The second-order valence-electron chi connectivity index (χ2n) is 7.30. The lowest BCUT2D eigenvalue weighted by atomic mass is 10.0. The molecule has 6 heteroatoms. The van der Waals surface area contributed by atoms with Gasteiger partial charge in [0.2, 0.25) is 5.91 Å². The van der Waals surface area contributed by atoms with Gasteiger partial charge in [-0.15, -0.1) is 0 Å². The summed E-state index contributed by atoms with van der Waals surface area (Å²) in [5, 5.41) is 13.6. The molecule has 29 heavy (non-hydrogen) atoms. The zero-order valence-corrected chi connectivity index (χ0v) is 16.8. The van der Waals surface area contributed by atoms with E-state index in [1.165, 1.54) is 0 Å². The van der Waals surface area contributed by atoms with E-state index < -0.39 is 24.2 Å². The van der Waals surface area contributed by atoms with E-state index in [9.17, 15) is 14.7 Å². The number of carbonyl (C=O) groups is 2. The number of hydrogen-bond acceptors (Lipinski definition) is 5. The molecule has 1 aliphatic heterocycles. The Morgan fingerprint density at radius 2 is 1.66 bits per heavy atom. The number of nitrogens with one attached hydrogen (secondary N) is 1. The number of rotatable bonds is 7. The molecule has 0 radical (unpaired) electrons. The minimum atomic E-state index is -0.869. The summed E-state index contributed by atoms with van der Waals surface area (Å²) < 4.78 is 5.76. The summed E-state index contributed by atoms with van der Waals surface area (Å²) in [6, 6.07) is 18.0. The van der Waals surface area contributed by atoms with E-state index in [2.05, 4.69) is 10.2 Å². The highest BCUT2D eigenvalue weighted by molar-refractivity contribution is 5.89. The number of benzene rings is 2. The van der Waals surface area contributed by atoms with E-state index in [0.717, 1.165) is 5.56 Å². The molecule has 0 aliphatic carbocycles. The van der Waals surface area contributed by atoms with Crippen LogP contribution in [-0.2, 0) is 16.1 Å². The van der Waals surface area contributed by atoms with Gasteiger partial charge in [0.05, 0.1) is 11.6 Å². The van der Waals surface area contributed by atoms with Gasteiger partial charge in [-0.2, -0.15) is 0 Å². The third kappa shape index (κ3) is 4.83. The van der Waals surface area contributed by atoms with Crippen molar-refractivity contribution in [3.8, 4) is 0 Å². The zero-order valence-electron chi connectivity index (χ0n) is 16.8. The van der Waals surface area contributed by atoms with Crippen LogP contribution in [0, 0.1) is 0 Å². The predicted octanol–water partition coefficient (Wildman–Crippen LogP) is 2.37. The number of ether oxygens (including phenoxy) is 1. The molecule has 1 heterocycles. The average molecular weight is 396 g/mol. The Labute approximate surface area is 171 Å². The van der Waals surface area contributed by atoms with Crippen LogP contribution in [0.1, 0.15) is 35.7 Å². The molecule has 0 bridgehead atoms. The van der Waals surface area contributed by atoms with Crippen LogP contribution >= 0.6 is 0 Å². The molecule has 2 aromatic carbocycles. The number of likely N-dealkylation sites (tertiary alicyclic amines) is 1. The molecule has 0 spiro atoms. The number of amides is 1. The summed E-state index contributed by atoms with van der Waals surface area (Å²) in [5.41, 5.74) is 1.50. The van der Waals surface area contributed by atoms with Crippen molar-refractivity contribution < 1.29 is 19.4 Å². The van der Waals surface area contributed by atoms with Gasteiger partial charge in [0.15, 0.2) is 0 Å². The SMILES string of the molecule is CC[C@@H]1[C@@H](O)C(OC(=O)c2ccccc2)[C@@H](CC(=O)NC)N1Cc1ccccc1. The molecule has 6 nitrogen and oxygen atoms in total. The Hall–Kier alpha value is -2.70. The third-order valence-electron chi connectivity index (χ3n) is 5.51. The van der Waals surface area contributed by atoms with Crippen molar-refractivity contribution in [2.75, 3.05) is 7.05 Å². The predicted molar refractivity (Wildman–Crippen MR) is 110 cm³/mol. The highest BCUT2D eigenvalue weighted by Gasteiger charge is 2.50. The quantitative estimate of drug-likeness (QED) is 0.703.